The maximum atomic E-state index is 5.50. The van der Waals surface area contributed by atoms with Crippen LogP contribution in [0.25, 0.3) is 0 Å². The molecule has 0 aromatic carbocycles. The van der Waals surface area contributed by atoms with Crippen LogP contribution in [0, 0.1) is 5.92 Å². The van der Waals surface area contributed by atoms with Crippen LogP contribution in [0.1, 0.15) is 25.5 Å². The zero-order valence-electron chi connectivity index (χ0n) is 11.8. The van der Waals surface area contributed by atoms with Crippen molar-refractivity contribution < 1.29 is 9.47 Å². The van der Waals surface area contributed by atoms with E-state index >= 15 is 0 Å². The Bertz CT molecular complexity index is 381. The van der Waals surface area contributed by atoms with Gasteiger partial charge in [0.1, 0.15) is 6.33 Å². The number of methoxy groups -OCH3 is 1. The van der Waals surface area contributed by atoms with Crippen LogP contribution in [0.3, 0.4) is 0 Å². The van der Waals surface area contributed by atoms with Crippen molar-refractivity contribution in [3.8, 4) is 5.88 Å². The van der Waals surface area contributed by atoms with Crippen molar-refractivity contribution in [1.29, 1.82) is 0 Å². The lowest BCUT2D eigenvalue weighted by Gasteiger charge is -2.23. The molecule has 1 aliphatic heterocycles. The van der Waals surface area contributed by atoms with Gasteiger partial charge in [0.15, 0.2) is 0 Å². The molecule has 2 atom stereocenters. The van der Waals surface area contributed by atoms with Crippen molar-refractivity contribution in [3.63, 3.8) is 0 Å². The molecular formula is C14H23N3O2. The van der Waals surface area contributed by atoms with Crippen LogP contribution in [0.4, 0.5) is 0 Å². The molecular weight excluding hydrogens is 242 g/mol. The van der Waals surface area contributed by atoms with E-state index in [4.69, 9.17) is 9.47 Å². The summed E-state index contributed by atoms with van der Waals surface area (Å²) in [4.78, 5) is 8.38. The zero-order valence-corrected chi connectivity index (χ0v) is 11.8. The number of aromatic nitrogens is 2. The maximum absolute atomic E-state index is 5.50. The Labute approximate surface area is 114 Å². The van der Waals surface area contributed by atoms with Gasteiger partial charge in [0.2, 0.25) is 5.88 Å². The predicted octanol–water partition coefficient (Wildman–Crippen LogP) is 1.43. The fraction of sp³-hybridized carbons (Fsp3) is 0.714. The summed E-state index contributed by atoms with van der Waals surface area (Å²) >= 11 is 0. The summed E-state index contributed by atoms with van der Waals surface area (Å²) in [6, 6.07) is 2.33. The van der Waals surface area contributed by atoms with E-state index in [-0.39, 0.29) is 0 Å². The van der Waals surface area contributed by atoms with Crippen molar-refractivity contribution in [3.05, 3.63) is 18.1 Å². The third-order valence-electron chi connectivity index (χ3n) is 3.53. The molecule has 1 aromatic heterocycles. The van der Waals surface area contributed by atoms with Gasteiger partial charge in [0, 0.05) is 36.7 Å². The summed E-state index contributed by atoms with van der Waals surface area (Å²) in [5.41, 5.74) is 1.02. The standard InChI is InChI=1S/C14H23N3O2/c1-3-5-15-13(11-4-6-19-9-11)7-12-8-14(18-2)17-10-16-12/h8,10-11,13,15H,3-7,9H2,1-2H3. The van der Waals surface area contributed by atoms with Gasteiger partial charge in [-0.1, -0.05) is 6.92 Å². The van der Waals surface area contributed by atoms with Gasteiger partial charge in [-0.25, -0.2) is 9.97 Å². The molecule has 1 fully saturated rings. The molecule has 1 N–H and O–H groups in total. The van der Waals surface area contributed by atoms with Crippen molar-refractivity contribution in [2.75, 3.05) is 26.9 Å². The Hall–Kier alpha value is -1.20. The number of ether oxygens (including phenoxy) is 2. The molecule has 0 aliphatic carbocycles. The molecule has 0 saturated carbocycles. The average Bonchev–Trinajstić information content (AvgIpc) is 2.97. The molecule has 5 heteroatoms. The highest BCUT2D eigenvalue weighted by atomic mass is 16.5. The second-order valence-corrected chi connectivity index (χ2v) is 4.94. The average molecular weight is 265 g/mol. The molecule has 0 spiro atoms. The second-order valence-electron chi connectivity index (χ2n) is 4.94. The van der Waals surface area contributed by atoms with Crippen LogP contribution < -0.4 is 10.1 Å². The summed E-state index contributed by atoms with van der Waals surface area (Å²) in [6.45, 7) is 4.94. The molecule has 1 saturated heterocycles. The first kappa shape index (κ1) is 14.2. The monoisotopic (exact) mass is 265 g/mol. The molecule has 1 aromatic rings. The van der Waals surface area contributed by atoms with Crippen LogP contribution in [0.15, 0.2) is 12.4 Å². The number of nitrogens with zero attached hydrogens (tertiary/aromatic N) is 2. The third kappa shape index (κ3) is 4.14. The van der Waals surface area contributed by atoms with Gasteiger partial charge < -0.3 is 14.8 Å². The molecule has 2 rings (SSSR count). The fourth-order valence-electron chi connectivity index (χ4n) is 2.43. The highest BCUT2D eigenvalue weighted by Crippen LogP contribution is 2.20. The van der Waals surface area contributed by atoms with Gasteiger partial charge >= 0.3 is 0 Å². The van der Waals surface area contributed by atoms with E-state index in [1.165, 1.54) is 0 Å². The summed E-state index contributed by atoms with van der Waals surface area (Å²) < 4.78 is 10.7. The number of hydrogen-bond donors (Lipinski definition) is 1. The molecule has 19 heavy (non-hydrogen) atoms. The van der Waals surface area contributed by atoms with Crippen molar-refractivity contribution in [1.82, 2.24) is 15.3 Å². The summed E-state index contributed by atoms with van der Waals surface area (Å²) in [5.74, 6) is 1.20. The Morgan fingerprint density at radius 1 is 1.53 bits per heavy atom. The van der Waals surface area contributed by atoms with Crippen LogP contribution >= 0.6 is 0 Å². The molecule has 5 nitrogen and oxygen atoms in total. The van der Waals surface area contributed by atoms with Crippen molar-refractivity contribution in [2.45, 2.75) is 32.2 Å². The van der Waals surface area contributed by atoms with Gasteiger partial charge in [-0.05, 0) is 19.4 Å². The second kappa shape index (κ2) is 7.40. The molecule has 0 bridgehead atoms. The quantitative estimate of drug-likeness (QED) is 0.808. The highest BCUT2D eigenvalue weighted by Gasteiger charge is 2.25. The Morgan fingerprint density at radius 2 is 2.42 bits per heavy atom. The maximum Gasteiger partial charge on any atom is 0.216 e. The predicted molar refractivity (Wildman–Crippen MR) is 73.3 cm³/mol. The van der Waals surface area contributed by atoms with E-state index in [1.54, 1.807) is 13.4 Å². The minimum Gasteiger partial charge on any atom is -0.481 e. The van der Waals surface area contributed by atoms with Crippen molar-refractivity contribution in [2.24, 2.45) is 5.92 Å². The minimum atomic E-state index is 0.419. The molecule has 2 heterocycles. The summed E-state index contributed by atoms with van der Waals surface area (Å²) in [6.07, 6.45) is 4.73. The van der Waals surface area contributed by atoms with Gasteiger partial charge in [-0.2, -0.15) is 0 Å². The smallest absolute Gasteiger partial charge is 0.216 e. The first-order valence-electron chi connectivity index (χ1n) is 6.99. The Kier molecular flexibility index (Phi) is 5.54. The SMILES string of the molecule is CCCNC(Cc1cc(OC)ncn1)C1CCOC1. The fourth-order valence-corrected chi connectivity index (χ4v) is 2.43. The molecule has 2 unspecified atom stereocenters. The van der Waals surface area contributed by atoms with Crippen molar-refractivity contribution >= 4 is 0 Å². The summed E-state index contributed by atoms with van der Waals surface area (Å²) in [7, 11) is 1.63. The lowest BCUT2D eigenvalue weighted by Crippen LogP contribution is -2.39. The van der Waals surface area contributed by atoms with Gasteiger partial charge in [-0.3, -0.25) is 0 Å². The number of hydrogen-bond acceptors (Lipinski definition) is 5. The molecule has 1 aliphatic rings. The largest absolute Gasteiger partial charge is 0.481 e. The van der Waals surface area contributed by atoms with E-state index in [9.17, 15) is 0 Å². The first-order chi connectivity index (χ1) is 9.33. The molecule has 0 amide bonds. The van der Waals surface area contributed by atoms with Gasteiger partial charge in [-0.15, -0.1) is 0 Å². The van der Waals surface area contributed by atoms with Crippen LogP contribution in [-0.4, -0.2) is 42.9 Å². The summed E-state index contributed by atoms with van der Waals surface area (Å²) in [5, 5.41) is 3.62. The topological polar surface area (TPSA) is 56.3 Å². The minimum absolute atomic E-state index is 0.419. The molecule has 0 radical (unpaired) electrons. The van der Waals surface area contributed by atoms with Crippen LogP contribution in [0.2, 0.25) is 0 Å². The number of nitrogens with one attached hydrogen (secondary N) is 1. The lowest BCUT2D eigenvalue weighted by atomic mass is 9.94. The van der Waals surface area contributed by atoms with E-state index in [1.807, 2.05) is 6.07 Å². The van der Waals surface area contributed by atoms with Gasteiger partial charge in [0.05, 0.1) is 13.7 Å². The van der Waals surface area contributed by atoms with E-state index < -0.39 is 0 Å². The lowest BCUT2D eigenvalue weighted by molar-refractivity contribution is 0.176. The van der Waals surface area contributed by atoms with Gasteiger partial charge in [0.25, 0.3) is 0 Å². The van der Waals surface area contributed by atoms with E-state index in [0.29, 0.717) is 17.8 Å². The highest BCUT2D eigenvalue weighted by molar-refractivity contribution is 5.14. The van der Waals surface area contributed by atoms with Crippen LogP contribution in [0.5, 0.6) is 5.88 Å². The van der Waals surface area contributed by atoms with E-state index in [0.717, 1.165) is 44.7 Å². The third-order valence-corrected chi connectivity index (χ3v) is 3.53. The normalized spacial score (nSPS) is 20.4. The first-order valence-corrected chi connectivity index (χ1v) is 6.99. The van der Waals surface area contributed by atoms with Crippen LogP contribution in [-0.2, 0) is 11.2 Å². The molecule has 106 valence electrons. The Balaban J connectivity index is 2.00. The zero-order chi connectivity index (χ0) is 13.5. The van der Waals surface area contributed by atoms with E-state index in [2.05, 4.69) is 22.2 Å². The Morgan fingerprint density at radius 3 is 3.11 bits per heavy atom. The number of rotatable bonds is 7.